The first kappa shape index (κ1) is 18.7. The minimum absolute atomic E-state index is 0.0280. The third-order valence-electron chi connectivity index (χ3n) is 6.21. The summed E-state index contributed by atoms with van der Waals surface area (Å²) >= 11 is 0. The first-order valence-electron chi connectivity index (χ1n) is 9.96. The highest BCUT2D eigenvalue weighted by molar-refractivity contribution is 5.89. The van der Waals surface area contributed by atoms with Gasteiger partial charge in [0.1, 0.15) is 0 Å². The number of carbonyl (C=O) groups is 2. The van der Waals surface area contributed by atoms with Crippen LogP contribution in [0.25, 0.3) is 0 Å². The number of benzene rings is 1. The minimum Gasteiger partial charge on any atom is -0.353 e. The highest BCUT2D eigenvalue weighted by atomic mass is 16.2. The molecule has 0 aromatic heterocycles. The van der Waals surface area contributed by atoms with E-state index in [4.69, 9.17) is 0 Å². The second kappa shape index (κ2) is 8.56. The molecule has 2 fully saturated rings. The summed E-state index contributed by atoms with van der Waals surface area (Å²) in [7, 11) is 0. The minimum atomic E-state index is -0.0789. The molecule has 26 heavy (non-hydrogen) atoms. The van der Waals surface area contributed by atoms with Crippen molar-refractivity contribution in [3.8, 4) is 0 Å². The number of piperidine rings is 1. The molecular formula is C21H31N3O2. The Morgan fingerprint density at radius 3 is 2.38 bits per heavy atom. The van der Waals surface area contributed by atoms with E-state index in [1.54, 1.807) is 0 Å². The summed E-state index contributed by atoms with van der Waals surface area (Å²) in [6.45, 7) is 5.80. The Balaban J connectivity index is 1.45. The van der Waals surface area contributed by atoms with Gasteiger partial charge in [-0.3, -0.25) is 4.79 Å². The normalized spacial score (nSPS) is 27.0. The topological polar surface area (TPSA) is 61.4 Å². The molecule has 5 nitrogen and oxygen atoms in total. The highest BCUT2D eigenvalue weighted by Gasteiger charge is 2.32. The predicted molar refractivity (Wildman–Crippen MR) is 104 cm³/mol. The zero-order valence-corrected chi connectivity index (χ0v) is 15.9. The van der Waals surface area contributed by atoms with Crippen LogP contribution in [0.4, 0.5) is 10.5 Å². The van der Waals surface area contributed by atoms with Crippen LogP contribution < -0.4 is 10.6 Å². The summed E-state index contributed by atoms with van der Waals surface area (Å²) in [5, 5.41) is 6.21. The fourth-order valence-corrected chi connectivity index (χ4v) is 4.16. The van der Waals surface area contributed by atoms with Crippen molar-refractivity contribution in [3.05, 3.63) is 30.3 Å². The van der Waals surface area contributed by atoms with Crippen molar-refractivity contribution in [3.63, 3.8) is 0 Å². The van der Waals surface area contributed by atoms with E-state index < -0.39 is 0 Å². The van der Waals surface area contributed by atoms with Crippen molar-refractivity contribution < 1.29 is 9.59 Å². The smallest absolute Gasteiger partial charge is 0.321 e. The molecule has 0 unspecified atom stereocenters. The fourth-order valence-electron chi connectivity index (χ4n) is 4.16. The van der Waals surface area contributed by atoms with Crippen LogP contribution in [0, 0.1) is 17.8 Å². The van der Waals surface area contributed by atoms with E-state index >= 15 is 0 Å². The summed E-state index contributed by atoms with van der Waals surface area (Å²) in [5.74, 6) is 1.43. The molecule has 3 atom stereocenters. The van der Waals surface area contributed by atoms with Gasteiger partial charge in [-0.2, -0.15) is 0 Å². The van der Waals surface area contributed by atoms with Gasteiger partial charge in [-0.1, -0.05) is 44.9 Å². The van der Waals surface area contributed by atoms with Crippen molar-refractivity contribution in [2.75, 3.05) is 18.4 Å². The molecule has 2 N–H and O–H groups in total. The van der Waals surface area contributed by atoms with Gasteiger partial charge in [0.15, 0.2) is 0 Å². The van der Waals surface area contributed by atoms with E-state index in [1.807, 2.05) is 35.2 Å². The summed E-state index contributed by atoms with van der Waals surface area (Å²) in [6.07, 6.45) is 5.04. The van der Waals surface area contributed by atoms with Crippen LogP contribution in [0.5, 0.6) is 0 Å². The van der Waals surface area contributed by atoms with Crippen molar-refractivity contribution in [1.29, 1.82) is 0 Å². The fraction of sp³-hybridized carbons (Fsp3) is 0.619. The van der Waals surface area contributed by atoms with Crippen LogP contribution in [-0.4, -0.2) is 36.0 Å². The molecular weight excluding hydrogens is 326 g/mol. The van der Waals surface area contributed by atoms with Crippen molar-refractivity contribution in [2.45, 2.75) is 52.0 Å². The maximum atomic E-state index is 12.7. The van der Waals surface area contributed by atoms with Gasteiger partial charge in [0, 0.05) is 30.7 Å². The number of urea groups is 1. The third kappa shape index (κ3) is 4.57. The number of nitrogens with zero attached hydrogens (tertiary/aromatic N) is 1. The Morgan fingerprint density at radius 1 is 1.00 bits per heavy atom. The van der Waals surface area contributed by atoms with Crippen molar-refractivity contribution in [2.24, 2.45) is 17.8 Å². The molecule has 1 aliphatic carbocycles. The van der Waals surface area contributed by atoms with E-state index in [1.165, 1.54) is 12.8 Å². The number of amides is 3. The van der Waals surface area contributed by atoms with E-state index in [-0.39, 0.29) is 17.9 Å². The van der Waals surface area contributed by atoms with Gasteiger partial charge in [-0.15, -0.1) is 0 Å². The Morgan fingerprint density at radius 2 is 1.69 bits per heavy atom. The van der Waals surface area contributed by atoms with Crippen molar-refractivity contribution in [1.82, 2.24) is 10.2 Å². The molecule has 1 aliphatic heterocycles. The maximum absolute atomic E-state index is 12.7. The zero-order valence-electron chi connectivity index (χ0n) is 15.9. The lowest BCUT2D eigenvalue weighted by Crippen LogP contribution is -2.49. The molecule has 1 heterocycles. The van der Waals surface area contributed by atoms with Gasteiger partial charge < -0.3 is 15.5 Å². The monoisotopic (exact) mass is 357 g/mol. The zero-order chi connectivity index (χ0) is 18.5. The number of anilines is 1. The number of carbonyl (C=O) groups excluding carboxylic acids is 2. The Labute approximate surface area is 156 Å². The number of para-hydroxylation sites is 1. The first-order chi connectivity index (χ1) is 12.5. The lowest BCUT2D eigenvalue weighted by molar-refractivity contribution is -0.127. The Bertz CT molecular complexity index is 611. The molecule has 3 amide bonds. The van der Waals surface area contributed by atoms with Gasteiger partial charge in [-0.25, -0.2) is 4.79 Å². The summed E-state index contributed by atoms with van der Waals surface area (Å²) in [5.41, 5.74) is 0.803. The lowest BCUT2D eigenvalue weighted by atomic mass is 9.78. The number of rotatable bonds is 3. The molecule has 2 aliphatic rings. The van der Waals surface area contributed by atoms with Gasteiger partial charge in [0.05, 0.1) is 0 Å². The van der Waals surface area contributed by atoms with Crippen LogP contribution in [0.15, 0.2) is 30.3 Å². The predicted octanol–water partition coefficient (Wildman–Crippen LogP) is 3.87. The van der Waals surface area contributed by atoms with Crippen LogP contribution in [0.1, 0.15) is 46.0 Å². The van der Waals surface area contributed by atoms with E-state index in [0.29, 0.717) is 31.0 Å². The van der Waals surface area contributed by atoms with Crippen LogP contribution in [0.2, 0.25) is 0 Å². The first-order valence-corrected chi connectivity index (χ1v) is 9.96. The summed E-state index contributed by atoms with van der Waals surface area (Å²) in [6, 6.07) is 9.72. The molecule has 3 rings (SSSR count). The van der Waals surface area contributed by atoms with Crippen LogP contribution in [0.3, 0.4) is 0 Å². The maximum Gasteiger partial charge on any atom is 0.321 e. The molecule has 1 aromatic rings. The second-order valence-corrected chi connectivity index (χ2v) is 7.94. The molecule has 0 radical (unpaired) electrons. The molecule has 0 bridgehead atoms. The Kier molecular flexibility index (Phi) is 6.17. The third-order valence-corrected chi connectivity index (χ3v) is 6.21. The standard InChI is InChI=1S/C21H31N3O2/c1-15-7-6-10-19(16(15)2)23-20(25)17-11-13-24(14-12-17)21(26)22-18-8-4-3-5-9-18/h3-5,8-9,15-17,19H,6-7,10-14H2,1-2H3,(H,22,26)(H,23,25)/t15-,16-,19+/m1/s1. The van der Waals surface area contributed by atoms with Gasteiger partial charge in [0.2, 0.25) is 5.91 Å². The number of hydrogen-bond acceptors (Lipinski definition) is 2. The summed E-state index contributed by atoms with van der Waals surface area (Å²) < 4.78 is 0. The molecule has 142 valence electrons. The van der Waals surface area contributed by atoms with Gasteiger partial charge in [-0.05, 0) is 43.2 Å². The van der Waals surface area contributed by atoms with Crippen molar-refractivity contribution >= 4 is 17.6 Å². The number of nitrogens with one attached hydrogen (secondary N) is 2. The Hall–Kier alpha value is -2.04. The molecule has 1 saturated heterocycles. The van der Waals surface area contributed by atoms with Crippen LogP contribution in [-0.2, 0) is 4.79 Å². The second-order valence-electron chi connectivity index (χ2n) is 7.94. The molecule has 0 spiro atoms. The van der Waals surface area contributed by atoms with Gasteiger partial charge in [0.25, 0.3) is 0 Å². The molecule has 1 aromatic carbocycles. The number of hydrogen-bond donors (Lipinski definition) is 2. The van der Waals surface area contributed by atoms with E-state index in [9.17, 15) is 9.59 Å². The highest BCUT2D eigenvalue weighted by Crippen LogP contribution is 2.30. The number of likely N-dealkylation sites (tertiary alicyclic amines) is 1. The lowest BCUT2D eigenvalue weighted by Gasteiger charge is -2.37. The van der Waals surface area contributed by atoms with E-state index in [0.717, 1.165) is 24.9 Å². The summed E-state index contributed by atoms with van der Waals surface area (Å²) in [4.78, 5) is 26.8. The SMILES string of the molecule is C[C@@H]1[C@H](C)CCC[C@@H]1NC(=O)C1CCN(C(=O)Nc2ccccc2)CC1. The molecule has 5 heteroatoms. The van der Waals surface area contributed by atoms with Crippen LogP contribution >= 0.6 is 0 Å². The largest absolute Gasteiger partial charge is 0.353 e. The molecule has 1 saturated carbocycles. The quantitative estimate of drug-likeness (QED) is 0.862. The average molecular weight is 357 g/mol. The van der Waals surface area contributed by atoms with E-state index in [2.05, 4.69) is 24.5 Å². The van der Waals surface area contributed by atoms with Gasteiger partial charge >= 0.3 is 6.03 Å². The average Bonchev–Trinajstić information content (AvgIpc) is 2.66.